The van der Waals surface area contributed by atoms with Crippen LogP contribution in [0.5, 0.6) is 0 Å². The minimum Gasteiger partial charge on any atom is -0.316 e. The van der Waals surface area contributed by atoms with Gasteiger partial charge < -0.3 is 15.1 Å². The molecule has 0 aromatic heterocycles. The molecule has 1 rings (SSSR count). The molecule has 0 bridgehead atoms. The van der Waals surface area contributed by atoms with E-state index in [4.69, 9.17) is 0 Å². The smallest absolute Gasteiger partial charge is 0.0330 e. The Labute approximate surface area is 127 Å². The maximum Gasteiger partial charge on any atom is 0.0330 e. The monoisotopic (exact) mass is 283 g/mol. The van der Waals surface area contributed by atoms with E-state index in [9.17, 15) is 0 Å². The van der Waals surface area contributed by atoms with Crippen molar-refractivity contribution in [2.75, 3.05) is 47.3 Å². The van der Waals surface area contributed by atoms with E-state index in [0.717, 1.165) is 12.5 Å². The molecule has 1 fully saturated rings. The maximum atomic E-state index is 3.52. The molecule has 20 heavy (non-hydrogen) atoms. The van der Waals surface area contributed by atoms with Crippen LogP contribution in [-0.4, -0.2) is 62.7 Å². The zero-order chi connectivity index (χ0) is 15.0. The highest BCUT2D eigenvalue weighted by molar-refractivity contribution is 4.97. The molecule has 0 aromatic rings. The number of hydrogen-bond acceptors (Lipinski definition) is 3. The molecule has 0 aliphatic heterocycles. The average molecular weight is 284 g/mol. The molecule has 0 unspecified atom stereocenters. The number of nitrogens with one attached hydrogen (secondary N) is 1. The molecule has 0 heterocycles. The molecule has 0 saturated heterocycles. The first kappa shape index (κ1) is 17.9. The maximum absolute atomic E-state index is 3.52. The number of likely N-dealkylation sites (N-methyl/N-ethyl adjacent to an activating group) is 2. The van der Waals surface area contributed by atoms with Gasteiger partial charge in [-0.25, -0.2) is 0 Å². The molecule has 0 spiro atoms. The van der Waals surface area contributed by atoms with Crippen molar-refractivity contribution in [3.63, 3.8) is 0 Å². The lowest BCUT2D eigenvalue weighted by atomic mass is 9.75. The lowest BCUT2D eigenvalue weighted by Gasteiger charge is -2.49. The van der Waals surface area contributed by atoms with Gasteiger partial charge in [-0.1, -0.05) is 20.3 Å². The van der Waals surface area contributed by atoms with Gasteiger partial charge in [0.2, 0.25) is 0 Å². The van der Waals surface area contributed by atoms with Crippen molar-refractivity contribution >= 4 is 0 Å². The van der Waals surface area contributed by atoms with Gasteiger partial charge in [0.05, 0.1) is 0 Å². The third kappa shape index (κ3) is 6.11. The molecule has 0 aromatic carbocycles. The summed E-state index contributed by atoms with van der Waals surface area (Å²) in [6.45, 7) is 9.37. The Morgan fingerprint density at radius 1 is 1.05 bits per heavy atom. The predicted octanol–water partition coefficient (Wildman–Crippen LogP) is 2.82. The van der Waals surface area contributed by atoms with E-state index in [2.05, 4.69) is 50.1 Å². The first-order chi connectivity index (χ1) is 9.46. The lowest BCUT2D eigenvalue weighted by Crippen LogP contribution is -2.56. The summed E-state index contributed by atoms with van der Waals surface area (Å²) in [5, 5.41) is 3.52. The van der Waals surface area contributed by atoms with Crippen LogP contribution in [-0.2, 0) is 0 Å². The molecule has 0 amide bonds. The minimum absolute atomic E-state index is 0.480. The molecule has 3 heteroatoms. The van der Waals surface area contributed by atoms with Gasteiger partial charge in [-0.05, 0) is 78.8 Å². The van der Waals surface area contributed by atoms with Crippen molar-refractivity contribution in [1.82, 2.24) is 15.1 Å². The van der Waals surface area contributed by atoms with Crippen molar-refractivity contribution in [1.29, 1.82) is 0 Å². The van der Waals surface area contributed by atoms with Crippen LogP contribution in [0.1, 0.15) is 52.4 Å². The third-order valence-electron chi connectivity index (χ3n) is 4.74. The van der Waals surface area contributed by atoms with Crippen LogP contribution in [0.3, 0.4) is 0 Å². The molecular weight excluding hydrogens is 246 g/mol. The highest BCUT2D eigenvalue weighted by Crippen LogP contribution is 2.36. The normalized spacial score (nSPS) is 18.0. The average Bonchev–Trinajstić information content (AvgIpc) is 2.31. The van der Waals surface area contributed by atoms with Crippen molar-refractivity contribution in [3.8, 4) is 0 Å². The zero-order valence-electron chi connectivity index (χ0n) is 14.5. The highest BCUT2D eigenvalue weighted by atomic mass is 15.2. The lowest BCUT2D eigenvalue weighted by molar-refractivity contribution is 0.0275. The zero-order valence-corrected chi connectivity index (χ0v) is 14.5. The summed E-state index contributed by atoms with van der Waals surface area (Å²) in [5.74, 6) is 0.769. The summed E-state index contributed by atoms with van der Waals surface area (Å²) in [6.07, 6.45) is 8.17. The Kier molecular flexibility index (Phi) is 8.08. The van der Waals surface area contributed by atoms with E-state index < -0.39 is 0 Å². The molecule has 0 atom stereocenters. The Morgan fingerprint density at radius 3 is 2.25 bits per heavy atom. The van der Waals surface area contributed by atoms with Gasteiger partial charge in [0, 0.05) is 12.1 Å². The molecule has 1 aliphatic rings. The van der Waals surface area contributed by atoms with E-state index >= 15 is 0 Å². The molecule has 3 nitrogen and oxygen atoms in total. The first-order valence-electron chi connectivity index (χ1n) is 8.53. The second kappa shape index (κ2) is 9.01. The van der Waals surface area contributed by atoms with E-state index in [1.54, 1.807) is 0 Å². The van der Waals surface area contributed by atoms with E-state index in [1.165, 1.54) is 58.2 Å². The van der Waals surface area contributed by atoms with Crippen LogP contribution in [0.4, 0.5) is 0 Å². The number of rotatable bonds is 11. The van der Waals surface area contributed by atoms with E-state index in [1.807, 2.05) is 0 Å². The Bertz CT molecular complexity index is 247. The summed E-state index contributed by atoms with van der Waals surface area (Å²) in [7, 11) is 6.78. The largest absolute Gasteiger partial charge is 0.316 e. The molecule has 120 valence electrons. The van der Waals surface area contributed by atoms with Crippen LogP contribution < -0.4 is 5.32 Å². The van der Waals surface area contributed by atoms with Crippen molar-refractivity contribution in [2.24, 2.45) is 5.92 Å². The Balaban J connectivity index is 2.01. The fourth-order valence-electron chi connectivity index (χ4n) is 3.11. The standard InChI is InChI=1S/C17H37N3/c1-16(2)14-18-12-7-6-8-13-20(5)15-17(19(3)4)10-9-11-17/h16,18H,6-15H2,1-5H3. The van der Waals surface area contributed by atoms with Crippen LogP contribution in [0.15, 0.2) is 0 Å². The topological polar surface area (TPSA) is 18.5 Å². The van der Waals surface area contributed by atoms with Crippen LogP contribution in [0.2, 0.25) is 0 Å². The molecule has 0 radical (unpaired) electrons. The van der Waals surface area contributed by atoms with Crippen LogP contribution in [0, 0.1) is 5.92 Å². The summed E-state index contributed by atoms with van der Waals surface area (Å²) in [4.78, 5) is 4.99. The third-order valence-corrected chi connectivity index (χ3v) is 4.74. The van der Waals surface area contributed by atoms with Crippen molar-refractivity contribution < 1.29 is 0 Å². The SMILES string of the molecule is CC(C)CNCCCCCN(C)CC1(N(C)C)CCC1. The van der Waals surface area contributed by atoms with Crippen LogP contribution in [0.25, 0.3) is 0 Å². The molecule has 1 N–H and O–H groups in total. The predicted molar refractivity (Wildman–Crippen MR) is 89.3 cm³/mol. The Hall–Kier alpha value is -0.120. The second-order valence-corrected chi connectivity index (χ2v) is 7.37. The van der Waals surface area contributed by atoms with Gasteiger partial charge in [-0.15, -0.1) is 0 Å². The summed E-state index contributed by atoms with van der Waals surface area (Å²) < 4.78 is 0. The van der Waals surface area contributed by atoms with E-state index in [-0.39, 0.29) is 0 Å². The minimum atomic E-state index is 0.480. The Morgan fingerprint density at radius 2 is 1.75 bits per heavy atom. The van der Waals surface area contributed by atoms with Gasteiger partial charge in [0.25, 0.3) is 0 Å². The first-order valence-corrected chi connectivity index (χ1v) is 8.53. The molecule has 1 saturated carbocycles. The van der Waals surface area contributed by atoms with Crippen molar-refractivity contribution in [2.45, 2.75) is 57.9 Å². The van der Waals surface area contributed by atoms with Crippen LogP contribution >= 0.6 is 0 Å². The summed E-state index contributed by atoms with van der Waals surface area (Å²) in [6, 6.07) is 0. The summed E-state index contributed by atoms with van der Waals surface area (Å²) in [5.41, 5.74) is 0.480. The van der Waals surface area contributed by atoms with E-state index in [0.29, 0.717) is 5.54 Å². The number of hydrogen-bond donors (Lipinski definition) is 1. The van der Waals surface area contributed by atoms with Gasteiger partial charge in [-0.3, -0.25) is 0 Å². The quantitative estimate of drug-likeness (QED) is 0.588. The van der Waals surface area contributed by atoms with Gasteiger partial charge in [0.1, 0.15) is 0 Å². The fourth-order valence-corrected chi connectivity index (χ4v) is 3.11. The van der Waals surface area contributed by atoms with Gasteiger partial charge in [-0.2, -0.15) is 0 Å². The van der Waals surface area contributed by atoms with Crippen molar-refractivity contribution in [3.05, 3.63) is 0 Å². The van der Waals surface area contributed by atoms with Gasteiger partial charge in [0.15, 0.2) is 0 Å². The highest BCUT2D eigenvalue weighted by Gasteiger charge is 2.39. The second-order valence-electron chi connectivity index (χ2n) is 7.37. The molecule has 1 aliphatic carbocycles. The van der Waals surface area contributed by atoms with Gasteiger partial charge >= 0.3 is 0 Å². The molecular formula is C17H37N3. The number of unbranched alkanes of at least 4 members (excludes halogenated alkanes) is 2. The summed E-state index contributed by atoms with van der Waals surface area (Å²) >= 11 is 0. The fraction of sp³-hybridized carbons (Fsp3) is 1.00. The number of nitrogens with zero attached hydrogens (tertiary/aromatic N) is 2.